The molecule has 2 aromatic rings. The van der Waals surface area contributed by atoms with Crippen LogP contribution in [-0.4, -0.2) is 28.8 Å². The van der Waals surface area contributed by atoms with E-state index >= 15 is 0 Å². The number of carbonyl (C=O) groups is 2. The Kier molecular flexibility index (Phi) is 8.35. The van der Waals surface area contributed by atoms with Gasteiger partial charge < -0.3 is 10.2 Å². The lowest BCUT2D eigenvalue weighted by Gasteiger charge is -2.29. The Hall–Kier alpha value is -1.56. The molecule has 1 N–H and O–H groups in total. The summed E-state index contributed by atoms with van der Waals surface area (Å²) < 4.78 is 0.918. The van der Waals surface area contributed by atoms with Crippen LogP contribution in [0.5, 0.6) is 0 Å². The minimum atomic E-state index is -0.614. The summed E-state index contributed by atoms with van der Waals surface area (Å²) in [5, 5.41) is 3.71. The van der Waals surface area contributed by atoms with Crippen LogP contribution < -0.4 is 5.32 Å². The lowest BCUT2D eigenvalue weighted by molar-refractivity contribution is -0.140. The van der Waals surface area contributed by atoms with Gasteiger partial charge in [0.15, 0.2) is 0 Å². The predicted octanol–water partition coefficient (Wildman–Crippen LogP) is 5.24. The van der Waals surface area contributed by atoms with Crippen LogP contribution in [-0.2, 0) is 22.6 Å². The van der Waals surface area contributed by atoms with Crippen molar-refractivity contribution in [2.45, 2.75) is 45.8 Å². The number of rotatable bonds is 7. The van der Waals surface area contributed by atoms with E-state index in [9.17, 15) is 9.59 Å². The van der Waals surface area contributed by atoms with E-state index in [-0.39, 0.29) is 24.3 Å². The third-order valence-electron chi connectivity index (χ3n) is 4.18. The molecule has 0 spiro atoms. The first-order valence-electron chi connectivity index (χ1n) is 8.95. The highest BCUT2D eigenvalue weighted by Gasteiger charge is 2.26. The molecule has 2 aromatic carbocycles. The van der Waals surface area contributed by atoms with Crippen molar-refractivity contribution in [1.29, 1.82) is 0 Å². The van der Waals surface area contributed by atoms with Crippen LogP contribution in [0.2, 0.25) is 10.0 Å². The molecule has 0 saturated carbocycles. The lowest BCUT2D eigenvalue weighted by atomic mass is 10.1. The Labute approximate surface area is 184 Å². The van der Waals surface area contributed by atoms with Crippen molar-refractivity contribution in [1.82, 2.24) is 10.2 Å². The van der Waals surface area contributed by atoms with Gasteiger partial charge in [0.05, 0.1) is 16.5 Å². The van der Waals surface area contributed by atoms with Gasteiger partial charge in [-0.05, 0) is 56.2 Å². The molecule has 150 valence electrons. The first kappa shape index (κ1) is 22.7. The largest absolute Gasteiger partial charge is 0.352 e. The number of hydrogen-bond donors (Lipinski definition) is 1. The van der Waals surface area contributed by atoms with Gasteiger partial charge in [0.2, 0.25) is 11.8 Å². The van der Waals surface area contributed by atoms with Crippen LogP contribution in [0.4, 0.5) is 0 Å². The number of nitrogens with one attached hydrogen (secondary N) is 1. The molecule has 0 aliphatic rings. The van der Waals surface area contributed by atoms with Crippen molar-refractivity contribution in [2.75, 3.05) is 0 Å². The lowest BCUT2D eigenvalue weighted by Crippen LogP contribution is -2.49. The average Bonchev–Trinajstić information content (AvgIpc) is 2.61. The summed E-state index contributed by atoms with van der Waals surface area (Å²) in [7, 11) is 0. The Morgan fingerprint density at radius 2 is 1.75 bits per heavy atom. The van der Waals surface area contributed by atoms with Crippen molar-refractivity contribution >= 4 is 50.9 Å². The molecule has 1 atom stereocenters. The molecule has 0 unspecified atom stereocenters. The van der Waals surface area contributed by atoms with Crippen LogP contribution in [0, 0.1) is 0 Å². The number of amides is 2. The number of hydrogen-bond acceptors (Lipinski definition) is 2. The Morgan fingerprint density at radius 3 is 2.36 bits per heavy atom. The highest BCUT2D eigenvalue weighted by molar-refractivity contribution is 9.10. The number of carbonyl (C=O) groups excluding carboxylic acids is 2. The fraction of sp³-hybridized carbons (Fsp3) is 0.333. The zero-order chi connectivity index (χ0) is 20.8. The van der Waals surface area contributed by atoms with E-state index in [1.165, 1.54) is 0 Å². The Morgan fingerprint density at radius 1 is 1.04 bits per heavy atom. The summed E-state index contributed by atoms with van der Waals surface area (Å²) in [6, 6.07) is 12.2. The summed E-state index contributed by atoms with van der Waals surface area (Å²) in [6.07, 6.45) is 0.129. The van der Waals surface area contributed by atoms with Gasteiger partial charge in [-0.2, -0.15) is 0 Å². The topological polar surface area (TPSA) is 49.4 Å². The van der Waals surface area contributed by atoms with E-state index in [4.69, 9.17) is 23.2 Å². The highest BCUT2D eigenvalue weighted by Crippen LogP contribution is 2.23. The van der Waals surface area contributed by atoms with E-state index in [1.54, 1.807) is 30.0 Å². The van der Waals surface area contributed by atoms with E-state index in [0.29, 0.717) is 16.6 Å². The van der Waals surface area contributed by atoms with Crippen LogP contribution in [0.15, 0.2) is 46.9 Å². The maximum atomic E-state index is 13.1. The van der Waals surface area contributed by atoms with Gasteiger partial charge in [-0.25, -0.2) is 0 Å². The molecule has 0 saturated heterocycles. The van der Waals surface area contributed by atoms with Gasteiger partial charge in [-0.15, -0.1) is 0 Å². The molecular weight excluding hydrogens is 463 g/mol. The quantitative estimate of drug-likeness (QED) is 0.582. The molecule has 28 heavy (non-hydrogen) atoms. The van der Waals surface area contributed by atoms with Gasteiger partial charge in [0.25, 0.3) is 0 Å². The molecule has 0 fully saturated rings. The maximum Gasteiger partial charge on any atom is 0.242 e. The normalized spacial score (nSPS) is 12.0. The molecule has 0 radical (unpaired) electrons. The second kappa shape index (κ2) is 10.3. The molecule has 0 aliphatic heterocycles. The Bertz CT molecular complexity index is 858. The maximum absolute atomic E-state index is 13.1. The van der Waals surface area contributed by atoms with Crippen molar-refractivity contribution in [3.05, 3.63) is 68.1 Å². The zero-order valence-corrected chi connectivity index (χ0v) is 19.1. The van der Waals surface area contributed by atoms with Gasteiger partial charge >= 0.3 is 0 Å². The summed E-state index contributed by atoms with van der Waals surface area (Å²) in [6.45, 7) is 5.84. The third-order valence-corrected chi connectivity index (χ3v) is 5.41. The summed E-state index contributed by atoms with van der Waals surface area (Å²) in [5.41, 5.74) is 1.68. The first-order chi connectivity index (χ1) is 13.2. The van der Waals surface area contributed by atoms with Crippen molar-refractivity contribution in [2.24, 2.45) is 0 Å². The van der Waals surface area contributed by atoms with Crippen molar-refractivity contribution in [3.63, 3.8) is 0 Å². The zero-order valence-electron chi connectivity index (χ0n) is 16.0. The Balaban J connectivity index is 2.26. The van der Waals surface area contributed by atoms with Crippen molar-refractivity contribution in [3.8, 4) is 0 Å². The molecular formula is C21H23BrCl2N2O2. The smallest absolute Gasteiger partial charge is 0.242 e. The van der Waals surface area contributed by atoms with Gasteiger partial charge in [-0.1, -0.05) is 57.3 Å². The molecule has 2 amide bonds. The summed E-state index contributed by atoms with van der Waals surface area (Å²) in [4.78, 5) is 27.2. The highest BCUT2D eigenvalue weighted by atomic mass is 79.9. The van der Waals surface area contributed by atoms with Crippen LogP contribution in [0.25, 0.3) is 0 Å². The second-order valence-corrected chi connectivity index (χ2v) is 8.65. The summed E-state index contributed by atoms with van der Waals surface area (Å²) >= 11 is 15.5. The van der Waals surface area contributed by atoms with E-state index < -0.39 is 6.04 Å². The molecule has 0 aromatic heterocycles. The molecule has 7 heteroatoms. The predicted molar refractivity (Wildman–Crippen MR) is 118 cm³/mol. The molecule has 0 heterocycles. The molecule has 4 nitrogen and oxygen atoms in total. The minimum Gasteiger partial charge on any atom is -0.352 e. The van der Waals surface area contributed by atoms with Crippen LogP contribution >= 0.6 is 39.1 Å². The monoisotopic (exact) mass is 484 g/mol. The van der Waals surface area contributed by atoms with E-state index in [2.05, 4.69) is 21.2 Å². The average molecular weight is 486 g/mol. The second-order valence-electron chi connectivity index (χ2n) is 6.92. The van der Waals surface area contributed by atoms with Gasteiger partial charge in [0, 0.05) is 17.1 Å². The van der Waals surface area contributed by atoms with Gasteiger partial charge in [0.1, 0.15) is 6.04 Å². The minimum absolute atomic E-state index is 0.00663. The number of benzene rings is 2. The SMILES string of the molecule is CC(C)NC(=O)[C@H](C)N(Cc1cccc(Br)c1)C(=O)Cc1ccc(Cl)c(Cl)c1. The third kappa shape index (κ3) is 6.50. The van der Waals surface area contributed by atoms with Crippen LogP contribution in [0.3, 0.4) is 0 Å². The fourth-order valence-electron chi connectivity index (χ4n) is 2.75. The number of halogens is 3. The van der Waals surface area contributed by atoms with Crippen LogP contribution in [0.1, 0.15) is 31.9 Å². The van der Waals surface area contributed by atoms with Crippen molar-refractivity contribution < 1.29 is 9.59 Å². The number of nitrogens with zero attached hydrogens (tertiary/aromatic N) is 1. The summed E-state index contributed by atoms with van der Waals surface area (Å²) in [5.74, 6) is -0.350. The van der Waals surface area contributed by atoms with E-state index in [1.807, 2.05) is 38.1 Å². The van der Waals surface area contributed by atoms with E-state index in [0.717, 1.165) is 15.6 Å². The fourth-order valence-corrected chi connectivity index (χ4v) is 3.51. The first-order valence-corrected chi connectivity index (χ1v) is 10.5. The molecule has 0 aliphatic carbocycles. The molecule has 2 rings (SSSR count). The molecule has 0 bridgehead atoms. The van der Waals surface area contributed by atoms with Gasteiger partial charge in [-0.3, -0.25) is 9.59 Å². The standard InChI is InChI=1S/C21H23BrCl2N2O2/c1-13(2)25-21(28)14(3)26(12-16-5-4-6-17(22)9-16)20(27)11-15-7-8-18(23)19(24)10-15/h4-10,13-14H,11-12H2,1-3H3,(H,25,28)/t14-/m0/s1.